The van der Waals surface area contributed by atoms with E-state index >= 15 is 0 Å². The van der Waals surface area contributed by atoms with E-state index in [-0.39, 0.29) is 47.5 Å². The van der Waals surface area contributed by atoms with Gasteiger partial charge in [-0.25, -0.2) is 4.98 Å². The van der Waals surface area contributed by atoms with E-state index in [1.807, 2.05) is 0 Å². The molecule has 1 aliphatic carbocycles. The van der Waals surface area contributed by atoms with Gasteiger partial charge in [0.25, 0.3) is 0 Å². The molecule has 1 aliphatic heterocycles. The molecule has 0 amide bonds. The van der Waals surface area contributed by atoms with Gasteiger partial charge in [0.1, 0.15) is 0 Å². The van der Waals surface area contributed by atoms with Gasteiger partial charge in [-0.3, -0.25) is 4.79 Å². The summed E-state index contributed by atoms with van der Waals surface area (Å²) in [6, 6.07) is 10.2. The van der Waals surface area contributed by atoms with E-state index in [4.69, 9.17) is 9.72 Å². The summed E-state index contributed by atoms with van der Waals surface area (Å²) in [7, 11) is 0. The third kappa shape index (κ3) is 3.65. The van der Waals surface area contributed by atoms with Crippen LogP contribution in [0.25, 0.3) is 76.9 Å². The van der Waals surface area contributed by atoms with E-state index in [2.05, 4.69) is 15.0 Å². The molecule has 8 rings (SSSR count). The smallest absolute Gasteiger partial charge is 0.311 e. The molecule has 9 N–H and O–H groups in total. The third-order valence-corrected chi connectivity index (χ3v) is 8.33. The Morgan fingerprint density at radius 1 is 0.733 bits per heavy atom. The summed E-state index contributed by atoms with van der Waals surface area (Å²) in [5, 5.41) is 65.6. The maximum atomic E-state index is 12.7. The summed E-state index contributed by atoms with van der Waals surface area (Å²) in [6.07, 6.45) is 1.61. The van der Waals surface area contributed by atoms with Gasteiger partial charge in [0.15, 0.2) is 34.5 Å². The number of nitrogens with zero attached hydrogens (tertiary/aromatic N) is 1. The number of phenols is 6. The van der Waals surface area contributed by atoms with Crippen molar-refractivity contribution in [3.63, 3.8) is 0 Å². The van der Waals surface area contributed by atoms with Crippen molar-refractivity contribution in [3.8, 4) is 56.9 Å². The fourth-order valence-electron chi connectivity index (χ4n) is 6.45. The number of H-pyrrole nitrogens is 3. The lowest BCUT2D eigenvalue weighted by molar-refractivity contribution is -0.142. The van der Waals surface area contributed by atoms with Crippen LogP contribution in [0.1, 0.15) is 12.6 Å². The quantitative estimate of drug-likeness (QED) is 0.0858. The number of esters is 1. The minimum atomic E-state index is -0.445. The van der Waals surface area contributed by atoms with Crippen LogP contribution in [0.2, 0.25) is 0 Å². The number of hydrogen-bond acceptors (Lipinski definition) is 9. The highest BCUT2D eigenvalue weighted by Crippen LogP contribution is 2.52. The van der Waals surface area contributed by atoms with E-state index in [1.54, 1.807) is 19.2 Å². The summed E-state index contributed by atoms with van der Waals surface area (Å²) in [5.41, 5.74) is 5.05. The van der Waals surface area contributed by atoms with Crippen LogP contribution in [0.5, 0.6) is 34.5 Å². The van der Waals surface area contributed by atoms with Crippen LogP contribution in [-0.2, 0) is 16.0 Å². The predicted octanol–water partition coefficient (Wildman–Crippen LogP) is 5.94. The molecule has 0 spiro atoms. The molecule has 3 aromatic carbocycles. The summed E-state index contributed by atoms with van der Waals surface area (Å²) in [5.74, 6) is -2.53. The summed E-state index contributed by atoms with van der Waals surface area (Å²) >= 11 is 0. The first-order valence-electron chi connectivity index (χ1n) is 14.0. The van der Waals surface area contributed by atoms with E-state index in [0.717, 1.165) is 0 Å². The number of carbonyl (C=O) groups excluding carboxylic acids is 1. The molecular formula is C33H24N4O8. The molecule has 45 heavy (non-hydrogen) atoms. The zero-order valence-electron chi connectivity index (χ0n) is 23.5. The van der Waals surface area contributed by atoms with Crippen LogP contribution in [0.15, 0.2) is 48.7 Å². The normalized spacial score (nSPS) is 12.0. The highest BCUT2D eigenvalue weighted by molar-refractivity contribution is 6.33. The molecule has 224 valence electrons. The number of phenolic OH excluding ortho intramolecular Hbond substituents is 6. The molecule has 0 fully saturated rings. The van der Waals surface area contributed by atoms with Gasteiger partial charge in [-0.2, -0.15) is 0 Å². The van der Waals surface area contributed by atoms with Crippen LogP contribution in [-0.4, -0.2) is 63.2 Å². The Kier molecular flexibility index (Phi) is 5.33. The van der Waals surface area contributed by atoms with E-state index < -0.39 is 5.97 Å². The van der Waals surface area contributed by atoms with Crippen LogP contribution in [0, 0.1) is 0 Å². The maximum Gasteiger partial charge on any atom is 0.311 e. The van der Waals surface area contributed by atoms with E-state index in [0.29, 0.717) is 82.6 Å². The fourth-order valence-corrected chi connectivity index (χ4v) is 6.45. The van der Waals surface area contributed by atoms with Crippen molar-refractivity contribution in [1.82, 2.24) is 19.9 Å². The largest absolute Gasteiger partial charge is 0.504 e. The molecule has 6 aromatic rings. The number of aromatic hydroxyl groups is 6. The SMILES string of the molecule is CCOC(=O)Cc1[nH]ccc1-c1c2nc3cc(O)c(O)cc3c-2c2[nH]c3cc(O)c(O)cc3c2c2[nH]c3cc(O)c(O)cc3c12. The average molecular weight is 605 g/mol. The van der Waals surface area contributed by atoms with E-state index in [1.165, 1.54) is 36.4 Å². The van der Waals surface area contributed by atoms with Gasteiger partial charge >= 0.3 is 5.97 Å². The molecule has 0 saturated carbocycles. The Morgan fingerprint density at radius 3 is 1.98 bits per heavy atom. The van der Waals surface area contributed by atoms with Crippen molar-refractivity contribution in [2.24, 2.45) is 0 Å². The minimum absolute atomic E-state index is 0.0814. The second-order valence-electron chi connectivity index (χ2n) is 10.9. The Balaban J connectivity index is 1.68. The average Bonchev–Trinajstić information content (AvgIpc) is 3.74. The number of hydrogen-bond donors (Lipinski definition) is 9. The zero-order chi connectivity index (χ0) is 31.3. The highest BCUT2D eigenvalue weighted by Gasteiger charge is 2.29. The van der Waals surface area contributed by atoms with Crippen molar-refractivity contribution in [3.05, 3.63) is 54.4 Å². The first-order chi connectivity index (χ1) is 21.6. The Bertz CT molecular complexity index is 2520. The number of aromatic amines is 3. The summed E-state index contributed by atoms with van der Waals surface area (Å²) in [4.78, 5) is 27.5. The lowest BCUT2D eigenvalue weighted by atomic mass is 9.96. The summed E-state index contributed by atoms with van der Waals surface area (Å²) in [6.45, 7) is 1.93. The lowest BCUT2D eigenvalue weighted by Gasteiger charge is -2.09. The second-order valence-corrected chi connectivity index (χ2v) is 10.9. The van der Waals surface area contributed by atoms with Gasteiger partial charge in [-0.05, 0) is 31.2 Å². The Hall–Kier alpha value is -6.30. The Morgan fingerprint density at radius 2 is 1.31 bits per heavy atom. The van der Waals surface area contributed by atoms with Gasteiger partial charge in [0.2, 0.25) is 0 Å². The topological polar surface area (TPSA) is 208 Å². The summed E-state index contributed by atoms with van der Waals surface area (Å²) < 4.78 is 5.23. The van der Waals surface area contributed by atoms with Crippen molar-refractivity contribution in [1.29, 1.82) is 0 Å². The molecule has 0 radical (unpaired) electrons. The molecule has 0 bridgehead atoms. The molecule has 12 heteroatoms. The van der Waals surface area contributed by atoms with Crippen LogP contribution < -0.4 is 0 Å². The van der Waals surface area contributed by atoms with Crippen LogP contribution >= 0.6 is 0 Å². The first-order valence-corrected chi connectivity index (χ1v) is 14.0. The highest BCUT2D eigenvalue weighted by atomic mass is 16.5. The zero-order valence-corrected chi connectivity index (χ0v) is 23.5. The molecule has 3 aromatic heterocycles. The van der Waals surface area contributed by atoms with E-state index in [9.17, 15) is 35.4 Å². The van der Waals surface area contributed by atoms with Crippen molar-refractivity contribution < 1.29 is 40.2 Å². The Labute approximate surface area is 251 Å². The fraction of sp³-hybridized carbons (Fsp3) is 0.0909. The van der Waals surface area contributed by atoms with Crippen LogP contribution in [0.4, 0.5) is 0 Å². The maximum absolute atomic E-state index is 12.7. The first kappa shape index (κ1) is 26.3. The molecule has 0 saturated heterocycles. The number of rotatable bonds is 4. The van der Waals surface area contributed by atoms with Gasteiger partial charge in [-0.15, -0.1) is 0 Å². The van der Waals surface area contributed by atoms with Crippen molar-refractivity contribution >= 4 is 60.5 Å². The lowest BCUT2D eigenvalue weighted by Crippen LogP contribution is -2.08. The number of nitrogens with one attached hydrogen (secondary N) is 3. The van der Waals surface area contributed by atoms with Crippen molar-refractivity contribution in [2.45, 2.75) is 13.3 Å². The van der Waals surface area contributed by atoms with Crippen molar-refractivity contribution in [2.75, 3.05) is 6.61 Å². The molecular weight excluding hydrogens is 580 g/mol. The molecule has 4 heterocycles. The van der Waals surface area contributed by atoms with Gasteiger partial charge in [0, 0.05) is 73.7 Å². The van der Waals surface area contributed by atoms with Gasteiger partial charge < -0.3 is 50.3 Å². The molecule has 12 nitrogen and oxygen atoms in total. The number of fused-ring (bicyclic) bond motifs is 11. The van der Waals surface area contributed by atoms with Gasteiger partial charge in [-0.1, -0.05) is 0 Å². The minimum Gasteiger partial charge on any atom is -0.504 e. The standard InChI is InChI=1S/C33H24N4O8/c1-2-45-26(44)11-16-12(3-4-34-16)27-28-13-5-20(38)23(41)8-17(13)35-32(28)30-15-7-22(40)25(43)10-19(15)37-33(30)29-14-6-21(39)24(42)9-18(14)36-31(27)29/h3-10,34-35,37-43H,2,11H2,1H3. The number of benzene rings is 3. The predicted molar refractivity (Wildman–Crippen MR) is 167 cm³/mol. The molecule has 0 atom stereocenters. The second kappa shape index (κ2) is 9.10. The van der Waals surface area contributed by atoms with Crippen LogP contribution in [0.3, 0.4) is 0 Å². The number of ether oxygens (including phenoxy) is 1. The third-order valence-electron chi connectivity index (χ3n) is 8.33. The molecule has 0 unspecified atom stereocenters. The number of aromatic nitrogens is 4. The number of carbonyl (C=O) groups is 1. The van der Waals surface area contributed by atoms with Gasteiger partial charge in [0.05, 0.1) is 46.3 Å². The molecule has 2 aliphatic rings. The monoisotopic (exact) mass is 604 g/mol.